The molecule has 0 aromatic heterocycles. The summed E-state index contributed by atoms with van der Waals surface area (Å²) in [6, 6.07) is 17.2. The highest BCUT2D eigenvalue weighted by Crippen LogP contribution is 2.46. The predicted molar refractivity (Wildman–Crippen MR) is 110 cm³/mol. The molecule has 144 valence electrons. The van der Waals surface area contributed by atoms with E-state index in [0.717, 1.165) is 11.3 Å². The summed E-state index contributed by atoms with van der Waals surface area (Å²) < 4.78 is 5.59. The zero-order valence-electron chi connectivity index (χ0n) is 14.9. The summed E-state index contributed by atoms with van der Waals surface area (Å²) in [7, 11) is 0. The molecule has 0 unspecified atom stereocenters. The van der Waals surface area contributed by atoms with Crippen molar-refractivity contribution in [1.29, 1.82) is 0 Å². The summed E-state index contributed by atoms with van der Waals surface area (Å²) in [5, 5.41) is 11.8. The minimum atomic E-state index is -0.671. The normalized spacial score (nSPS) is 31.1. The molecule has 0 radical (unpaired) electrons. The quantitative estimate of drug-likeness (QED) is 0.615. The van der Waals surface area contributed by atoms with Gasteiger partial charge in [-0.15, -0.1) is 0 Å². The number of benzene rings is 2. The number of anilines is 1. The summed E-state index contributed by atoms with van der Waals surface area (Å²) in [5.41, 5.74) is 2.01. The molecule has 2 bridgehead atoms. The monoisotopic (exact) mass is 414 g/mol. The van der Waals surface area contributed by atoms with Crippen molar-refractivity contribution in [2.75, 3.05) is 4.90 Å². The van der Waals surface area contributed by atoms with Crippen LogP contribution in [0.25, 0.3) is 0 Å². The molecule has 0 amide bonds. The van der Waals surface area contributed by atoms with Crippen LogP contribution < -0.4 is 4.90 Å². The highest BCUT2D eigenvalue weighted by atomic mass is 35.5. The number of halogens is 1. The molecular weight excluding hydrogens is 396 g/mol. The topological polar surface area (TPSA) is 53.0 Å². The summed E-state index contributed by atoms with van der Waals surface area (Å²) in [6.45, 7) is 0.596. The number of carbonyl (C=O) groups excluding carboxylic acids is 1. The van der Waals surface area contributed by atoms with E-state index < -0.39 is 18.1 Å². The molecule has 3 saturated heterocycles. The molecule has 2 aromatic rings. The lowest BCUT2D eigenvalue weighted by Gasteiger charge is -2.49. The van der Waals surface area contributed by atoms with Crippen LogP contribution in [0.5, 0.6) is 0 Å². The summed E-state index contributed by atoms with van der Waals surface area (Å²) in [5.74, 6) is -0.667. The summed E-state index contributed by atoms with van der Waals surface area (Å²) >= 11 is 11.9. The van der Waals surface area contributed by atoms with E-state index in [4.69, 9.17) is 28.6 Å². The number of hydrogen-bond acceptors (Lipinski definition) is 4. The van der Waals surface area contributed by atoms with E-state index in [1.54, 1.807) is 0 Å². The predicted octanol–water partition coefficient (Wildman–Crippen LogP) is 2.99. The second-order valence-electron chi connectivity index (χ2n) is 7.53. The Morgan fingerprint density at radius 1 is 1.11 bits per heavy atom. The van der Waals surface area contributed by atoms with Gasteiger partial charge in [-0.3, -0.25) is 4.79 Å². The first kappa shape index (κ1) is 17.9. The molecule has 6 rings (SSSR count). The molecule has 4 aliphatic rings. The summed E-state index contributed by atoms with van der Waals surface area (Å²) in [6.07, 6.45) is -0.854. The van der Waals surface area contributed by atoms with Gasteiger partial charge in [-0.1, -0.05) is 41.9 Å². The SMILES string of the molecule is O=C1O[C@@H]2[C@@H]3[C@@H]([C@@H]1C[C@H]2O)N(c1ccc(Cl)cc1)C(=S)N3Cc1ccccc1. The highest BCUT2D eigenvalue weighted by molar-refractivity contribution is 7.80. The average molecular weight is 415 g/mol. The van der Waals surface area contributed by atoms with Gasteiger partial charge in [0.2, 0.25) is 0 Å². The third-order valence-corrected chi connectivity index (χ3v) is 6.62. The van der Waals surface area contributed by atoms with Crippen LogP contribution in [0.1, 0.15) is 12.0 Å². The van der Waals surface area contributed by atoms with Gasteiger partial charge in [0.1, 0.15) is 6.10 Å². The van der Waals surface area contributed by atoms with E-state index in [0.29, 0.717) is 23.1 Å². The Bertz CT molecular complexity index is 923. The number of aliphatic hydroxyl groups is 1. The zero-order valence-corrected chi connectivity index (χ0v) is 16.5. The number of carbonyl (C=O) groups is 1. The van der Waals surface area contributed by atoms with Gasteiger partial charge in [0.05, 0.1) is 24.1 Å². The largest absolute Gasteiger partial charge is 0.457 e. The maximum atomic E-state index is 12.5. The zero-order chi connectivity index (χ0) is 19.4. The molecule has 4 fully saturated rings. The second kappa shape index (κ2) is 6.72. The van der Waals surface area contributed by atoms with Gasteiger partial charge in [-0.25, -0.2) is 0 Å². The first-order valence-electron chi connectivity index (χ1n) is 9.32. The smallest absolute Gasteiger partial charge is 0.311 e. The Morgan fingerprint density at radius 3 is 2.54 bits per heavy atom. The fourth-order valence-corrected chi connectivity index (χ4v) is 5.26. The van der Waals surface area contributed by atoms with Gasteiger partial charge in [0, 0.05) is 17.3 Å². The molecule has 3 aliphatic heterocycles. The fraction of sp³-hybridized carbons (Fsp3) is 0.333. The number of ether oxygens (including phenoxy) is 1. The molecule has 0 spiro atoms. The second-order valence-corrected chi connectivity index (χ2v) is 8.34. The van der Waals surface area contributed by atoms with E-state index in [1.807, 2.05) is 59.5 Å². The van der Waals surface area contributed by atoms with Gasteiger partial charge in [0.15, 0.2) is 5.11 Å². The lowest BCUT2D eigenvalue weighted by Crippen LogP contribution is -2.66. The average Bonchev–Trinajstić information content (AvgIpc) is 2.98. The number of fused-ring (bicyclic) bond motifs is 2. The molecule has 5 nitrogen and oxygen atoms in total. The Kier molecular flexibility index (Phi) is 4.30. The maximum Gasteiger partial charge on any atom is 0.311 e. The molecule has 7 heteroatoms. The first-order valence-corrected chi connectivity index (χ1v) is 10.1. The third kappa shape index (κ3) is 2.70. The Hall–Kier alpha value is -2.15. The van der Waals surface area contributed by atoms with E-state index in [-0.39, 0.29) is 18.1 Å². The number of nitrogens with zero attached hydrogens (tertiary/aromatic N) is 2. The van der Waals surface area contributed by atoms with Gasteiger partial charge < -0.3 is 19.6 Å². The van der Waals surface area contributed by atoms with Crippen LogP contribution in [0.15, 0.2) is 54.6 Å². The van der Waals surface area contributed by atoms with Crippen LogP contribution in [0, 0.1) is 5.92 Å². The van der Waals surface area contributed by atoms with E-state index in [2.05, 4.69) is 4.90 Å². The molecule has 28 heavy (non-hydrogen) atoms. The Labute approximate surface area is 173 Å². The lowest BCUT2D eigenvalue weighted by atomic mass is 9.74. The van der Waals surface area contributed by atoms with E-state index in [9.17, 15) is 9.90 Å². The first-order chi connectivity index (χ1) is 13.5. The molecule has 5 atom stereocenters. The van der Waals surface area contributed by atoms with Crippen molar-refractivity contribution in [2.45, 2.75) is 37.3 Å². The lowest BCUT2D eigenvalue weighted by molar-refractivity contribution is -0.194. The van der Waals surface area contributed by atoms with Crippen LogP contribution in [0.4, 0.5) is 5.69 Å². The van der Waals surface area contributed by atoms with Crippen molar-refractivity contribution in [2.24, 2.45) is 5.92 Å². The van der Waals surface area contributed by atoms with Crippen LogP contribution in [0.2, 0.25) is 5.02 Å². The highest BCUT2D eigenvalue weighted by Gasteiger charge is 2.62. The standard InChI is InChI=1S/C21H19ClN2O3S/c22-13-6-8-14(9-7-13)24-17-15-10-16(25)19(27-20(15)26)18(17)23(21(24)28)11-12-4-2-1-3-5-12/h1-9,15-19,25H,10-11H2/t15-,16+,17+,18-,19-/m0/s1. The molecule has 3 heterocycles. The molecule has 1 N–H and O–H groups in total. The van der Waals surface area contributed by atoms with Gasteiger partial charge in [0.25, 0.3) is 0 Å². The van der Waals surface area contributed by atoms with E-state index in [1.165, 1.54) is 0 Å². The van der Waals surface area contributed by atoms with Crippen LogP contribution in [-0.4, -0.2) is 45.4 Å². The minimum Gasteiger partial charge on any atom is -0.457 e. The summed E-state index contributed by atoms with van der Waals surface area (Å²) in [4.78, 5) is 16.6. The number of esters is 1. The molecule has 1 aliphatic carbocycles. The van der Waals surface area contributed by atoms with Crippen molar-refractivity contribution in [3.8, 4) is 0 Å². The van der Waals surface area contributed by atoms with Gasteiger partial charge in [-0.05, 0) is 48.5 Å². The maximum absolute atomic E-state index is 12.5. The number of thiocarbonyl (C=S) groups is 1. The third-order valence-electron chi connectivity index (χ3n) is 5.94. The van der Waals surface area contributed by atoms with Gasteiger partial charge >= 0.3 is 5.97 Å². The van der Waals surface area contributed by atoms with Crippen LogP contribution in [-0.2, 0) is 16.1 Å². The fourth-order valence-electron chi connectivity index (χ4n) is 4.72. The van der Waals surface area contributed by atoms with Crippen molar-refractivity contribution in [1.82, 2.24) is 4.90 Å². The molecule has 2 aromatic carbocycles. The Morgan fingerprint density at radius 2 is 1.82 bits per heavy atom. The van der Waals surface area contributed by atoms with Crippen LogP contribution in [0.3, 0.4) is 0 Å². The Balaban J connectivity index is 1.58. The van der Waals surface area contributed by atoms with Gasteiger partial charge in [-0.2, -0.15) is 0 Å². The number of aliphatic hydroxyl groups excluding tert-OH is 1. The van der Waals surface area contributed by atoms with E-state index >= 15 is 0 Å². The van der Waals surface area contributed by atoms with Crippen molar-refractivity contribution >= 4 is 40.6 Å². The molecular formula is C21H19ClN2O3S. The molecule has 1 saturated carbocycles. The van der Waals surface area contributed by atoms with Crippen molar-refractivity contribution in [3.05, 3.63) is 65.2 Å². The van der Waals surface area contributed by atoms with Crippen molar-refractivity contribution < 1.29 is 14.6 Å². The minimum absolute atomic E-state index is 0.160. The number of rotatable bonds is 3. The number of hydrogen-bond donors (Lipinski definition) is 1. The van der Waals surface area contributed by atoms with Crippen molar-refractivity contribution in [3.63, 3.8) is 0 Å². The van der Waals surface area contributed by atoms with Crippen LogP contribution >= 0.6 is 23.8 Å².